The second-order valence-corrected chi connectivity index (χ2v) is 16.7. The van der Waals surface area contributed by atoms with Crippen LogP contribution in [0.2, 0.25) is 0 Å². The standard InChI is InChI=1S/C39H54N4O7/c1-36(2,3)30(42-34(46)49-38(7,8)9)32-40-22-28(41-32)26-17-13-15-24(20-26)19-25-16-14-18-27(21-25)29(44)23-48-33(45)31(37(4,5)6)43-35(47)50-39(10,11)12/h13-18,20-22,30-31H,19,23H2,1-12H3,(H,40,41)(H,42,46)(H,43,47)/t30-,31-/m0/s1. The first-order chi connectivity index (χ1) is 22.9. The van der Waals surface area contributed by atoms with E-state index in [4.69, 9.17) is 14.2 Å². The molecule has 0 saturated carbocycles. The fourth-order valence-corrected chi connectivity index (χ4v) is 5.05. The SMILES string of the molecule is CC(C)(C)OC(=O)N[C@@H](C(=O)OCC(=O)c1cccc(Cc2cccc(-c3cnc([C@H](NC(=O)OC(C)(C)C)C(C)(C)C)[nH]3)c2)c1)C(C)(C)C. The van der Waals surface area contributed by atoms with Gasteiger partial charge in [-0.25, -0.2) is 19.4 Å². The summed E-state index contributed by atoms with van der Waals surface area (Å²) < 4.78 is 16.2. The van der Waals surface area contributed by atoms with Gasteiger partial charge in [0, 0.05) is 5.56 Å². The molecule has 0 spiro atoms. The summed E-state index contributed by atoms with van der Waals surface area (Å²) in [5, 5.41) is 5.55. The normalized spacial score (nSPS) is 13.5. The molecular weight excluding hydrogens is 636 g/mol. The summed E-state index contributed by atoms with van der Waals surface area (Å²) in [6.07, 6.45) is 1.04. The number of hydrogen-bond donors (Lipinski definition) is 3. The fraction of sp³-hybridized carbons (Fsp3) is 0.513. The minimum Gasteiger partial charge on any atom is -0.456 e. The van der Waals surface area contributed by atoms with Gasteiger partial charge in [-0.3, -0.25) is 4.79 Å². The number of H-pyrrole nitrogens is 1. The summed E-state index contributed by atoms with van der Waals surface area (Å²) in [4.78, 5) is 59.1. The molecule has 3 N–H and O–H groups in total. The number of hydrogen-bond acceptors (Lipinski definition) is 8. The molecule has 0 aliphatic carbocycles. The topological polar surface area (TPSA) is 149 Å². The Balaban J connectivity index is 1.70. The first-order valence-corrected chi connectivity index (χ1v) is 16.8. The molecule has 0 aliphatic heterocycles. The van der Waals surface area contributed by atoms with Gasteiger partial charge in [0.15, 0.2) is 12.4 Å². The van der Waals surface area contributed by atoms with Crippen LogP contribution in [0.15, 0.2) is 54.7 Å². The quantitative estimate of drug-likeness (QED) is 0.110. The Morgan fingerprint density at radius 2 is 1.30 bits per heavy atom. The number of ketones is 1. The van der Waals surface area contributed by atoms with E-state index < -0.39 is 53.5 Å². The maximum Gasteiger partial charge on any atom is 0.408 e. The van der Waals surface area contributed by atoms with Crippen molar-refractivity contribution >= 4 is 23.9 Å². The van der Waals surface area contributed by atoms with Crippen molar-refractivity contribution in [3.8, 4) is 11.3 Å². The van der Waals surface area contributed by atoms with E-state index in [-0.39, 0.29) is 11.2 Å². The Bertz CT molecular complexity index is 1670. The Hall–Kier alpha value is -4.67. The number of carbonyl (C=O) groups is 4. The highest BCUT2D eigenvalue weighted by molar-refractivity contribution is 5.98. The van der Waals surface area contributed by atoms with E-state index in [1.807, 2.05) is 71.9 Å². The van der Waals surface area contributed by atoms with E-state index in [0.717, 1.165) is 22.4 Å². The van der Waals surface area contributed by atoms with Crippen molar-refractivity contribution in [1.82, 2.24) is 20.6 Å². The van der Waals surface area contributed by atoms with Crippen molar-refractivity contribution < 1.29 is 33.4 Å². The average molecular weight is 691 g/mol. The Labute approximate surface area is 296 Å². The number of benzene rings is 2. The molecule has 2 atom stereocenters. The third-order valence-electron chi connectivity index (χ3n) is 7.40. The zero-order valence-electron chi connectivity index (χ0n) is 31.6. The van der Waals surface area contributed by atoms with Crippen LogP contribution < -0.4 is 10.6 Å². The number of alkyl carbamates (subject to hydrolysis) is 2. The second-order valence-electron chi connectivity index (χ2n) is 16.7. The predicted octanol–water partition coefficient (Wildman–Crippen LogP) is 7.94. The summed E-state index contributed by atoms with van der Waals surface area (Å²) in [5.74, 6) is -0.469. The zero-order chi connectivity index (χ0) is 37.7. The minimum absolute atomic E-state index is 0.347. The molecule has 2 amide bonds. The van der Waals surface area contributed by atoms with Crippen molar-refractivity contribution in [3.05, 3.63) is 77.2 Å². The van der Waals surface area contributed by atoms with Crippen LogP contribution in [0.3, 0.4) is 0 Å². The van der Waals surface area contributed by atoms with Crippen LogP contribution in [0.4, 0.5) is 9.59 Å². The van der Waals surface area contributed by atoms with Gasteiger partial charge >= 0.3 is 18.2 Å². The molecule has 1 heterocycles. The van der Waals surface area contributed by atoms with E-state index in [2.05, 4.69) is 20.6 Å². The van der Waals surface area contributed by atoms with Crippen LogP contribution in [-0.2, 0) is 25.4 Å². The van der Waals surface area contributed by atoms with E-state index in [9.17, 15) is 19.2 Å². The summed E-state index contributed by atoms with van der Waals surface area (Å²) in [7, 11) is 0. The van der Waals surface area contributed by atoms with Crippen molar-refractivity contribution in [3.63, 3.8) is 0 Å². The molecule has 0 fully saturated rings. The van der Waals surface area contributed by atoms with Gasteiger partial charge in [-0.05, 0) is 87.6 Å². The highest BCUT2D eigenvalue weighted by Crippen LogP contribution is 2.33. The van der Waals surface area contributed by atoms with Crippen LogP contribution >= 0.6 is 0 Å². The van der Waals surface area contributed by atoms with Crippen molar-refractivity contribution in [2.45, 2.75) is 113 Å². The molecular formula is C39H54N4O7. The number of aromatic amines is 1. The molecule has 11 nitrogen and oxygen atoms in total. The summed E-state index contributed by atoms with van der Waals surface area (Å²) in [6, 6.07) is 13.7. The number of esters is 1. The fourth-order valence-electron chi connectivity index (χ4n) is 5.05. The van der Waals surface area contributed by atoms with Gasteiger partial charge in [0.05, 0.1) is 17.9 Å². The molecule has 0 radical (unpaired) electrons. The van der Waals surface area contributed by atoms with E-state index >= 15 is 0 Å². The zero-order valence-corrected chi connectivity index (χ0v) is 31.6. The molecule has 2 aromatic carbocycles. The number of nitrogens with one attached hydrogen (secondary N) is 3. The largest absolute Gasteiger partial charge is 0.456 e. The second kappa shape index (κ2) is 15.5. The van der Waals surface area contributed by atoms with Gasteiger partial charge in [0.2, 0.25) is 0 Å². The Morgan fingerprint density at radius 1 is 0.740 bits per heavy atom. The van der Waals surface area contributed by atoms with E-state index in [1.165, 1.54) is 0 Å². The van der Waals surface area contributed by atoms with Gasteiger partial charge in [-0.1, -0.05) is 77.9 Å². The lowest BCUT2D eigenvalue weighted by Gasteiger charge is -2.31. The molecule has 272 valence electrons. The maximum atomic E-state index is 13.1. The predicted molar refractivity (Wildman–Crippen MR) is 193 cm³/mol. The van der Waals surface area contributed by atoms with Gasteiger partial charge in [0.25, 0.3) is 0 Å². The lowest BCUT2D eigenvalue weighted by atomic mass is 9.86. The number of nitrogens with zero attached hydrogens (tertiary/aromatic N) is 1. The Morgan fingerprint density at radius 3 is 1.86 bits per heavy atom. The third kappa shape index (κ3) is 12.3. The third-order valence-corrected chi connectivity index (χ3v) is 7.40. The van der Waals surface area contributed by atoms with Gasteiger partial charge in [-0.15, -0.1) is 0 Å². The molecule has 3 aromatic rings. The molecule has 3 rings (SSSR count). The highest BCUT2D eigenvalue weighted by Gasteiger charge is 2.36. The van der Waals surface area contributed by atoms with Gasteiger partial charge < -0.3 is 29.8 Å². The van der Waals surface area contributed by atoms with Crippen LogP contribution in [0, 0.1) is 10.8 Å². The molecule has 50 heavy (non-hydrogen) atoms. The summed E-state index contributed by atoms with van der Waals surface area (Å²) in [5.41, 5.74) is 1.63. The van der Waals surface area contributed by atoms with Crippen LogP contribution in [0.25, 0.3) is 11.3 Å². The average Bonchev–Trinajstić information content (AvgIpc) is 3.44. The lowest BCUT2D eigenvalue weighted by Crippen LogP contribution is -2.51. The van der Waals surface area contributed by atoms with Crippen molar-refractivity contribution in [1.29, 1.82) is 0 Å². The number of amides is 2. The molecule has 0 saturated heterocycles. The first-order valence-electron chi connectivity index (χ1n) is 16.8. The smallest absolute Gasteiger partial charge is 0.408 e. The monoisotopic (exact) mass is 690 g/mol. The molecule has 0 unspecified atom stereocenters. The number of carbonyl (C=O) groups excluding carboxylic acids is 4. The Kier molecular flexibility index (Phi) is 12.3. The van der Waals surface area contributed by atoms with Crippen LogP contribution in [0.1, 0.15) is 116 Å². The lowest BCUT2D eigenvalue weighted by molar-refractivity contribution is -0.147. The number of imidazole rings is 1. The van der Waals surface area contributed by atoms with E-state index in [0.29, 0.717) is 17.8 Å². The number of ether oxygens (including phenoxy) is 3. The summed E-state index contributed by atoms with van der Waals surface area (Å²) in [6.45, 7) is 21.6. The van der Waals surface area contributed by atoms with E-state index in [1.54, 1.807) is 65.9 Å². The van der Waals surface area contributed by atoms with Crippen molar-refractivity contribution in [2.24, 2.45) is 10.8 Å². The van der Waals surface area contributed by atoms with Gasteiger partial charge in [0.1, 0.15) is 23.1 Å². The maximum absolute atomic E-state index is 13.1. The number of Topliss-reactive ketones (excluding diaryl/α,β-unsaturated/α-hetero) is 1. The number of aromatic nitrogens is 2. The molecule has 0 aliphatic rings. The summed E-state index contributed by atoms with van der Waals surface area (Å²) >= 11 is 0. The van der Waals surface area contributed by atoms with Crippen LogP contribution in [0.5, 0.6) is 0 Å². The first kappa shape index (κ1) is 39.8. The molecule has 1 aromatic heterocycles. The molecule has 11 heteroatoms. The number of rotatable bonds is 10. The molecule has 0 bridgehead atoms. The van der Waals surface area contributed by atoms with Crippen LogP contribution in [-0.4, -0.2) is 57.8 Å². The van der Waals surface area contributed by atoms with Crippen molar-refractivity contribution in [2.75, 3.05) is 6.61 Å². The highest BCUT2D eigenvalue weighted by atomic mass is 16.6. The van der Waals surface area contributed by atoms with Gasteiger partial charge in [-0.2, -0.15) is 0 Å². The minimum atomic E-state index is -1.02.